The maximum Gasteiger partial charge on any atom is 0.338 e. The molecular weight excluding hydrogens is 264 g/mol. The lowest BCUT2D eigenvalue weighted by atomic mass is 10.1. The minimum Gasteiger partial charge on any atom is -0.478 e. The van der Waals surface area contributed by atoms with Crippen LogP contribution in [0.3, 0.4) is 0 Å². The first-order valence-corrected chi connectivity index (χ1v) is 6.74. The summed E-state index contributed by atoms with van der Waals surface area (Å²) in [5.74, 6) is -0.952. The van der Waals surface area contributed by atoms with Gasteiger partial charge in [0.25, 0.3) is 0 Å². The summed E-state index contributed by atoms with van der Waals surface area (Å²) < 4.78 is 1.60. The molecule has 0 saturated carbocycles. The second kappa shape index (κ2) is 4.65. The molecule has 0 radical (unpaired) electrons. The molecule has 0 aliphatic heterocycles. The van der Waals surface area contributed by atoms with Crippen LogP contribution in [0.25, 0.3) is 0 Å². The minimum absolute atomic E-state index is 0.244. The number of pyridine rings is 1. The Labute approximate surface area is 113 Å². The molecule has 6 nitrogen and oxygen atoms in total. The first kappa shape index (κ1) is 12.2. The van der Waals surface area contributed by atoms with Crippen molar-refractivity contribution in [3.05, 3.63) is 29.2 Å². The number of hydrogen-bond acceptors (Lipinski definition) is 5. The topological polar surface area (TPSA) is 80.9 Å². The molecule has 2 aromatic rings. The van der Waals surface area contributed by atoms with Crippen molar-refractivity contribution >= 4 is 17.7 Å². The van der Waals surface area contributed by atoms with Crippen molar-refractivity contribution in [1.29, 1.82) is 0 Å². The highest BCUT2D eigenvalue weighted by Crippen LogP contribution is 2.31. The van der Waals surface area contributed by atoms with Gasteiger partial charge in [0.2, 0.25) is 0 Å². The lowest BCUT2D eigenvalue weighted by Gasteiger charge is -2.07. The normalized spacial score (nSPS) is 13.5. The summed E-state index contributed by atoms with van der Waals surface area (Å²) >= 11 is 1.24. The van der Waals surface area contributed by atoms with E-state index in [1.54, 1.807) is 17.8 Å². The molecule has 0 unspecified atom stereocenters. The first-order chi connectivity index (χ1) is 9.15. The largest absolute Gasteiger partial charge is 0.478 e. The zero-order valence-corrected chi connectivity index (χ0v) is 11.1. The monoisotopic (exact) mass is 276 g/mol. The summed E-state index contributed by atoms with van der Waals surface area (Å²) in [5.41, 5.74) is 2.31. The molecule has 2 aromatic heterocycles. The van der Waals surface area contributed by atoms with E-state index in [1.807, 2.05) is 0 Å². The predicted molar refractivity (Wildman–Crippen MR) is 68.3 cm³/mol. The van der Waals surface area contributed by atoms with Crippen LogP contribution in [0.2, 0.25) is 0 Å². The molecule has 0 fully saturated rings. The Morgan fingerprint density at radius 1 is 1.47 bits per heavy atom. The molecular formula is C12H12N4O2S. The highest BCUT2D eigenvalue weighted by atomic mass is 32.2. The van der Waals surface area contributed by atoms with E-state index in [0.717, 1.165) is 30.5 Å². The summed E-state index contributed by atoms with van der Waals surface area (Å²) in [6.07, 6.45) is 4.31. The first-order valence-electron chi connectivity index (χ1n) is 5.93. The van der Waals surface area contributed by atoms with Gasteiger partial charge in [-0.25, -0.2) is 19.4 Å². The van der Waals surface area contributed by atoms with E-state index in [4.69, 9.17) is 0 Å². The smallest absolute Gasteiger partial charge is 0.338 e. The highest BCUT2D eigenvalue weighted by molar-refractivity contribution is 7.99. The predicted octanol–water partition coefficient (Wildman–Crippen LogP) is 1.55. The number of hydrogen-bond donors (Lipinski definition) is 1. The zero-order chi connectivity index (χ0) is 13.4. The van der Waals surface area contributed by atoms with Crippen molar-refractivity contribution in [3.63, 3.8) is 0 Å². The van der Waals surface area contributed by atoms with Gasteiger partial charge in [-0.15, -0.1) is 0 Å². The van der Waals surface area contributed by atoms with Gasteiger partial charge in [-0.1, -0.05) is 0 Å². The fourth-order valence-electron chi connectivity index (χ4n) is 2.15. The van der Waals surface area contributed by atoms with E-state index in [1.165, 1.54) is 18.1 Å². The van der Waals surface area contributed by atoms with Crippen LogP contribution in [0.15, 0.2) is 22.6 Å². The number of nitrogens with zero attached hydrogens (tertiary/aromatic N) is 4. The second-order valence-electron chi connectivity index (χ2n) is 4.37. The molecule has 1 aliphatic carbocycles. The maximum atomic E-state index is 11.3. The molecule has 7 heteroatoms. The lowest BCUT2D eigenvalue weighted by Crippen LogP contribution is -2.05. The molecule has 0 amide bonds. The number of rotatable bonds is 3. The summed E-state index contributed by atoms with van der Waals surface area (Å²) in [7, 11) is 1.77. The van der Waals surface area contributed by atoms with Gasteiger partial charge in [-0.2, -0.15) is 5.10 Å². The van der Waals surface area contributed by atoms with E-state index in [-0.39, 0.29) is 5.56 Å². The van der Waals surface area contributed by atoms with Crippen molar-refractivity contribution in [2.24, 2.45) is 7.05 Å². The van der Waals surface area contributed by atoms with Crippen molar-refractivity contribution in [2.45, 2.75) is 29.4 Å². The summed E-state index contributed by atoms with van der Waals surface area (Å²) in [6.45, 7) is 0. The van der Waals surface area contributed by atoms with Crippen LogP contribution in [0, 0.1) is 0 Å². The number of aromatic nitrogens is 4. The SMILES string of the molecule is Cn1ncnc1Sc1nc2c(cc1C(=O)O)CCC2. The fourth-order valence-corrected chi connectivity index (χ4v) is 3.01. The molecule has 1 aliphatic rings. The Kier molecular flexibility index (Phi) is 2.98. The van der Waals surface area contributed by atoms with Crippen LogP contribution in [-0.4, -0.2) is 30.8 Å². The van der Waals surface area contributed by atoms with E-state index in [0.29, 0.717) is 10.2 Å². The van der Waals surface area contributed by atoms with Gasteiger partial charge in [-0.3, -0.25) is 0 Å². The van der Waals surface area contributed by atoms with E-state index < -0.39 is 5.97 Å². The second-order valence-corrected chi connectivity index (χ2v) is 5.33. The van der Waals surface area contributed by atoms with Gasteiger partial charge in [0.1, 0.15) is 11.4 Å². The third kappa shape index (κ3) is 2.21. The van der Waals surface area contributed by atoms with Crippen LogP contribution in [0.4, 0.5) is 0 Å². The molecule has 0 bridgehead atoms. The van der Waals surface area contributed by atoms with Crippen LogP contribution < -0.4 is 0 Å². The van der Waals surface area contributed by atoms with Gasteiger partial charge in [0, 0.05) is 12.7 Å². The molecule has 98 valence electrons. The number of aryl methyl sites for hydroxylation is 3. The number of aromatic carboxylic acids is 1. The van der Waals surface area contributed by atoms with Gasteiger partial charge >= 0.3 is 5.97 Å². The van der Waals surface area contributed by atoms with Gasteiger partial charge in [0.15, 0.2) is 5.16 Å². The average Bonchev–Trinajstić information content (AvgIpc) is 2.97. The summed E-state index contributed by atoms with van der Waals surface area (Å²) in [4.78, 5) is 19.9. The highest BCUT2D eigenvalue weighted by Gasteiger charge is 2.21. The average molecular weight is 276 g/mol. The Bertz CT molecular complexity index is 653. The summed E-state index contributed by atoms with van der Waals surface area (Å²) in [5, 5.41) is 14.4. The number of carboxylic acid groups (broad SMARTS) is 1. The van der Waals surface area contributed by atoms with Gasteiger partial charge < -0.3 is 5.11 Å². The van der Waals surface area contributed by atoms with Crippen LogP contribution >= 0.6 is 11.8 Å². The van der Waals surface area contributed by atoms with Gasteiger partial charge in [0.05, 0.1) is 5.56 Å². The van der Waals surface area contributed by atoms with Crippen molar-refractivity contribution in [2.75, 3.05) is 0 Å². The van der Waals surface area contributed by atoms with E-state index >= 15 is 0 Å². The summed E-state index contributed by atoms with van der Waals surface area (Å²) in [6, 6.07) is 1.75. The van der Waals surface area contributed by atoms with Crippen molar-refractivity contribution in [3.8, 4) is 0 Å². The number of fused-ring (bicyclic) bond motifs is 1. The Morgan fingerprint density at radius 2 is 2.32 bits per heavy atom. The lowest BCUT2D eigenvalue weighted by molar-refractivity contribution is 0.0692. The standard InChI is InChI=1S/C12H12N4O2S/c1-16-12(13-6-14-16)19-10-8(11(17)18)5-7-3-2-4-9(7)15-10/h5-6H,2-4H2,1H3,(H,17,18). The quantitative estimate of drug-likeness (QED) is 0.916. The minimum atomic E-state index is -0.952. The third-order valence-corrected chi connectivity index (χ3v) is 4.16. The van der Waals surface area contributed by atoms with Crippen molar-refractivity contribution in [1.82, 2.24) is 19.7 Å². The van der Waals surface area contributed by atoms with Crippen LogP contribution in [0.5, 0.6) is 0 Å². The fraction of sp³-hybridized carbons (Fsp3) is 0.333. The van der Waals surface area contributed by atoms with E-state index in [9.17, 15) is 9.90 Å². The molecule has 0 aromatic carbocycles. The molecule has 2 heterocycles. The molecule has 0 saturated heterocycles. The van der Waals surface area contributed by atoms with Crippen molar-refractivity contribution < 1.29 is 9.90 Å². The Balaban J connectivity index is 2.04. The van der Waals surface area contributed by atoms with E-state index in [2.05, 4.69) is 15.1 Å². The van der Waals surface area contributed by atoms with Crippen LogP contribution in [-0.2, 0) is 19.9 Å². The number of carbonyl (C=O) groups is 1. The zero-order valence-electron chi connectivity index (χ0n) is 10.3. The molecule has 3 rings (SSSR count). The Morgan fingerprint density at radius 3 is 3.00 bits per heavy atom. The molecule has 0 atom stereocenters. The molecule has 19 heavy (non-hydrogen) atoms. The molecule has 0 spiro atoms. The van der Waals surface area contributed by atoms with Crippen LogP contribution in [0.1, 0.15) is 28.0 Å². The Hall–Kier alpha value is -1.89. The molecule has 1 N–H and O–H groups in total. The van der Waals surface area contributed by atoms with Gasteiger partial charge in [-0.05, 0) is 42.7 Å². The third-order valence-electron chi connectivity index (χ3n) is 3.10. The maximum absolute atomic E-state index is 11.3. The number of carboxylic acids is 1.